The molecule has 0 saturated heterocycles. The number of hydrogen-bond acceptors (Lipinski definition) is 3. The lowest BCUT2D eigenvalue weighted by molar-refractivity contribution is 0.0444. The lowest BCUT2D eigenvalue weighted by Crippen LogP contribution is -2.13. The van der Waals surface area contributed by atoms with Crippen LogP contribution in [-0.2, 0) is 4.74 Å². The fraction of sp³-hybridized carbons (Fsp3) is 0.462. The number of carbonyl (C=O) groups is 1. The Balaban J connectivity index is 1.94. The summed E-state index contributed by atoms with van der Waals surface area (Å²) < 4.78 is 5.27. The highest BCUT2D eigenvalue weighted by atomic mass is 35.5. The molecule has 0 radical (unpaired) electrons. The van der Waals surface area contributed by atoms with E-state index in [9.17, 15) is 4.79 Å². The SMILES string of the molecule is Nc1cc(Cl)ccc1C(=O)OCC1CCCC1. The lowest BCUT2D eigenvalue weighted by atomic mass is 10.1. The molecule has 92 valence electrons. The zero-order valence-electron chi connectivity index (χ0n) is 9.62. The first kappa shape index (κ1) is 12.2. The van der Waals surface area contributed by atoms with Crippen molar-refractivity contribution < 1.29 is 9.53 Å². The van der Waals surface area contributed by atoms with Crippen molar-refractivity contribution >= 4 is 23.3 Å². The number of halogens is 1. The molecule has 4 heteroatoms. The van der Waals surface area contributed by atoms with Gasteiger partial charge in [-0.2, -0.15) is 0 Å². The van der Waals surface area contributed by atoms with E-state index in [0.29, 0.717) is 28.8 Å². The first-order valence-electron chi connectivity index (χ1n) is 5.89. The molecular weight excluding hydrogens is 238 g/mol. The van der Waals surface area contributed by atoms with Gasteiger partial charge >= 0.3 is 5.97 Å². The van der Waals surface area contributed by atoms with E-state index >= 15 is 0 Å². The van der Waals surface area contributed by atoms with Gasteiger partial charge in [-0.15, -0.1) is 0 Å². The molecule has 17 heavy (non-hydrogen) atoms. The van der Waals surface area contributed by atoms with E-state index in [2.05, 4.69) is 0 Å². The third-order valence-electron chi connectivity index (χ3n) is 3.16. The molecule has 0 unspecified atom stereocenters. The molecular formula is C13H16ClNO2. The van der Waals surface area contributed by atoms with E-state index < -0.39 is 0 Å². The predicted molar refractivity (Wildman–Crippen MR) is 68.1 cm³/mol. The molecule has 1 aromatic carbocycles. The Bertz CT molecular complexity index is 414. The van der Waals surface area contributed by atoms with Crippen LogP contribution in [-0.4, -0.2) is 12.6 Å². The summed E-state index contributed by atoms with van der Waals surface area (Å²) in [5.41, 5.74) is 6.49. The van der Waals surface area contributed by atoms with Gasteiger partial charge < -0.3 is 10.5 Å². The lowest BCUT2D eigenvalue weighted by Gasteiger charge is -2.11. The van der Waals surface area contributed by atoms with Gasteiger partial charge in [-0.25, -0.2) is 4.79 Å². The molecule has 1 fully saturated rings. The zero-order chi connectivity index (χ0) is 12.3. The number of nitrogen functional groups attached to an aromatic ring is 1. The van der Waals surface area contributed by atoms with Gasteiger partial charge in [0.15, 0.2) is 0 Å². The van der Waals surface area contributed by atoms with Crippen molar-refractivity contribution in [2.45, 2.75) is 25.7 Å². The van der Waals surface area contributed by atoms with E-state index in [-0.39, 0.29) is 5.97 Å². The molecule has 0 amide bonds. The largest absolute Gasteiger partial charge is 0.462 e. The van der Waals surface area contributed by atoms with Gasteiger partial charge in [-0.3, -0.25) is 0 Å². The quantitative estimate of drug-likeness (QED) is 0.664. The number of carbonyl (C=O) groups excluding carboxylic acids is 1. The van der Waals surface area contributed by atoms with Gasteiger partial charge in [-0.1, -0.05) is 24.4 Å². The van der Waals surface area contributed by atoms with Gasteiger partial charge in [0.1, 0.15) is 0 Å². The minimum absolute atomic E-state index is 0.355. The van der Waals surface area contributed by atoms with Crippen molar-refractivity contribution in [3.63, 3.8) is 0 Å². The maximum atomic E-state index is 11.8. The van der Waals surface area contributed by atoms with Crippen LogP contribution in [0.4, 0.5) is 5.69 Å². The van der Waals surface area contributed by atoms with Crippen LogP contribution in [0.25, 0.3) is 0 Å². The molecule has 0 heterocycles. The smallest absolute Gasteiger partial charge is 0.340 e. The average Bonchev–Trinajstić information content (AvgIpc) is 2.78. The Morgan fingerprint density at radius 2 is 2.12 bits per heavy atom. The molecule has 0 aromatic heterocycles. The average molecular weight is 254 g/mol. The first-order valence-corrected chi connectivity index (χ1v) is 6.27. The highest BCUT2D eigenvalue weighted by Crippen LogP contribution is 2.25. The number of nitrogens with two attached hydrogens (primary N) is 1. The Hall–Kier alpha value is -1.22. The summed E-state index contributed by atoms with van der Waals surface area (Å²) in [5, 5.41) is 0.523. The van der Waals surface area contributed by atoms with Gasteiger partial charge in [0.05, 0.1) is 12.2 Å². The monoisotopic (exact) mass is 253 g/mol. The standard InChI is InChI=1S/C13H16ClNO2/c14-10-5-6-11(12(15)7-10)13(16)17-8-9-3-1-2-4-9/h5-7,9H,1-4,8,15H2. The van der Waals surface area contributed by atoms with Crippen LogP contribution in [0.1, 0.15) is 36.0 Å². The van der Waals surface area contributed by atoms with Crippen LogP contribution >= 0.6 is 11.6 Å². The molecule has 1 aliphatic rings. The Morgan fingerprint density at radius 1 is 1.41 bits per heavy atom. The van der Waals surface area contributed by atoms with Crippen molar-refractivity contribution in [3.05, 3.63) is 28.8 Å². The van der Waals surface area contributed by atoms with Gasteiger partial charge in [0, 0.05) is 10.7 Å². The van der Waals surface area contributed by atoms with E-state index in [1.807, 2.05) is 0 Å². The number of esters is 1. The summed E-state index contributed by atoms with van der Waals surface area (Å²) >= 11 is 5.77. The van der Waals surface area contributed by atoms with Crippen molar-refractivity contribution in [2.24, 2.45) is 5.92 Å². The van der Waals surface area contributed by atoms with Crippen LogP contribution in [0, 0.1) is 5.92 Å². The highest BCUT2D eigenvalue weighted by Gasteiger charge is 2.18. The van der Waals surface area contributed by atoms with Crippen LogP contribution in [0.2, 0.25) is 5.02 Å². The third kappa shape index (κ3) is 3.13. The Kier molecular flexibility index (Phi) is 3.89. The van der Waals surface area contributed by atoms with E-state index in [0.717, 1.165) is 12.8 Å². The zero-order valence-corrected chi connectivity index (χ0v) is 10.4. The summed E-state index contributed by atoms with van der Waals surface area (Å²) in [6, 6.07) is 4.81. The Morgan fingerprint density at radius 3 is 2.76 bits per heavy atom. The maximum Gasteiger partial charge on any atom is 0.340 e. The van der Waals surface area contributed by atoms with Crippen LogP contribution in [0.5, 0.6) is 0 Å². The summed E-state index contributed by atoms with van der Waals surface area (Å²) in [4.78, 5) is 11.8. The molecule has 0 bridgehead atoms. The third-order valence-corrected chi connectivity index (χ3v) is 3.39. The van der Waals surface area contributed by atoms with Gasteiger partial charge in [0.2, 0.25) is 0 Å². The number of anilines is 1. The van der Waals surface area contributed by atoms with Crippen molar-refractivity contribution in [1.29, 1.82) is 0 Å². The van der Waals surface area contributed by atoms with Crippen molar-refractivity contribution in [1.82, 2.24) is 0 Å². The first-order chi connectivity index (χ1) is 8.16. The van der Waals surface area contributed by atoms with Gasteiger partial charge in [0.25, 0.3) is 0 Å². The molecule has 3 nitrogen and oxygen atoms in total. The number of hydrogen-bond donors (Lipinski definition) is 1. The fourth-order valence-corrected chi connectivity index (χ4v) is 2.35. The second kappa shape index (κ2) is 5.41. The maximum absolute atomic E-state index is 11.8. The second-order valence-electron chi connectivity index (χ2n) is 4.48. The van der Waals surface area contributed by atoms with E-state index in [1.54, 1.807) is 18.2 Å². The minimum atomic E-state index is -0.355. The molecule has 2 rings (SSSR count). The van der Waals surface area contributed by atoms with Crippen LogP contribution in [0.3, 0.4) is 0 Å². The number of rotatable bonds is 3. The molecule has 1 aromatic rings. The van der Waals surface area contributed by atoms with E-state index in [4.69, 9.17) is 22.1 Å². The molecule has 1 saturated carbocycles. The predicted octanol–water partition coefficient (Wildman–Crippen LogP) is 3.27. The van der Waals surface area contributed by atoms with Crippen molar-refractivity contribution in [3.8, 4) is 0 Å². The van der Waals surface area contributed by atoms with Crippen molar-refractivity contribution in [2.75, 3.05) is 12.3 Å². The second-order valence-corrected chi connectivity index (χ2v) is 4.92. The number of benzene rings is 1. The van der Waals surface area contributed by atoms with Gasteiger partial charge in [-0.05, 0) is 37.0 Å². The summed E-state index contributed by atoms with van der Waals surface area (Å²) in [7, 11) is 0. The fourth-order valence-electron chi connectivity index (χ4n) is 2.17. The van der Waals surface area contributed by atoms with Crippen LogP contribution in [0.15, 0.2) is 18.2 Å². The molecule has 0 aliphatic heterocycles. The highest BCUT2D eigenvalue weighted by molar-refractivity contribution is 6.31. The van der Waals surface area contributed by atoms with E-state index in [1.165, 1.54) is 12.8 Å². The summed E-state index contributed by atoms with van der Waals surface area (Å²) in [6.07, 6.45) is 4.80. The van der Waals surface area contributed by atoms with Crippen LogP contribution < -0.4 is 5.73 Å². The summed E-state index contributed by atoms with van der Waals surface area (Å²) in [6.45, 7) is 0.501. The molecule has 0 spiro atoms. The topological polar surface area (TPSA) is 52.3 Å². The summed E-state index contributed by atoms with van der Waals surface area (Å²) in [5.74, 6) is 0.165. The molecule has 1 aliphatic carbocycles. The number of ether oxygens (including phenoxy) is 1. The molecule has 2 N–H and O–H groups in total. The minimum Gasteiger partial charge on any atom is -0.462 e. The normalized spacial score (nSPS) is 16.1. The Labute approximate surface area is 106 Å². The molecule has 0 atom stereocenters.